The first kappa shape index (κ1) is 21.9. The summed E-state index contributed by atoms with van der Waals surface area (Å²) in [5, 5.41) is 12.6. The number of nitriles is 1. The summed E-state index contributed by atoms with van der Waals surface area (Å²) in [5.41, 5.74) is 1.96. The summed E-state index contributed by atoms with van der Waals surface area (Å²) in [6.07, 6.45) is 3.21. The number of nitrogens with zero attached hydrogens (tertiary/aromatic N) is 5. The van der Waals surface area contributed by atoms with Crippen LogP contribution in [0.1, 0.15) is 5.56 Å². The number of piperazine rings is 1. The van der Waals surface area contributed by atoms with Gasteiger partial charge in [-0.15, -0.1) is 0 Å². The Hall–Kier alpha value is -4.32. The largest absolute Gasteiger partial charge is 0.493 e. The Morgan fingerprint density at radius 1 is 1.18 bits per heavy atom. The number of hydrogen-bond acceptors (Lipinski definition) is 7. The number of nitrogens with one attached hydrogen (secondary N) is 1. The zero-order chi connectivity index (χ0) is 23.2. The topological polar surface area (TPSA) is 104 Å². The second-order valence-corrected chi connectivity index (χ2v) is 7.41. The van der Waals surface area contributed by atoms with Crippen molar-refractivity contribution >= 4 is 28.4 Å². The molecule has 1 aliphatic rings. The number of carbonyl (C=O) groups excluding carboxylic acids is 1. The number of hydrogen-bond donors (Lipinski definition) is 1. The molecule has 0 saturated carbocycles. The quantitative estimate of drug-likeness (QED) is 0.581. The molecule has 0 aliphatic carbocycles. The predicted molar refractivity (Wildman–Crippen MR) is 126 cm³/mol. The van der Waals surface area contributed by atoms with Gasteiger partial charge >= 0.3 is 6.03 Å². The number of aromatic nitrogens is 2. The maximum absolute atomic E-state index is 12.7. The number of benzene rings is 2. The Kier molecular flexibility index (Phi) is 6.55. The summed E-state index contributed by atoms with van der Waals surface area (Å²) < 4.78 is 11.2. The molecule has 0 spiro atoms. The van der Waals surface area contributed by atoms with E-state index in [9.17, 15) is 4.79 Å². The van der Waals surface area contributed by atoms with Crippen LogP contribution in [0.15, 0.2) is 55.4 Å². The molecule has 9 heteroatoms. The van der Waals surface area contributed by atoms with E-state index in [0.717, 1.165) is 16.7 Å². The van der Waals surface area contributed by atoms with Crippen LogP contribution in [-0.4, -0.2) is 60.8 Å². The van der Waals surface area contributed by atoms with Gasteiger partial charge in [0.2, 0.25) is 0 Å². The molecule has 2 aromatic carbocycles. The van der Waals surface area contributed by atoms with Crippen LogP contribution in [-0.2, 0) is 0 Å². The highest BCUT2D eigenvalue weighted by Gasteiger charge is 2.24. The van der Waals surface area contributed by atoms with Crippen LogP contribution in [0.25, 0.3) is 10.9 Å². The van der Waals surface area contributed by atoms with Crippen molar-refractivity contribution in [1.82, 2.24) is 14.9 Å². The summed E-state index contributed by atoms with van der Waals surface area (Å²) in [5.74, 6) is 1.99. The molecule has 3 aromatic rings. The smallest absolute Gasteiger partial charge is 0.321 e. The predicted octanol–water partition coefficient (Wildman–Crippen LogP) is 3.43. The highest BCUT2D eigenvalue weighted by Crippen LogP contribution is 2.35. The Balaban J connectivity index is 1.46. The molecule has 1 fully saturated rings. The van der Waals surface area contributed by atoms with Crippen molar-refractivity contribution in [2.24, 2.45) is 0 Å². The van der Waals surface area contributed by atoms with Gasteiger partial charge in [-0.3, -0.25) is 0 Å². The number of fused-ring (bicyclic) bond motifs is 1. The Labute approximate surface area is 191 Å². The van der Waals surface area contributed by atoms with Crippen LogP contribution in [0, 0.1) is 11.3 Å². The van der Waals surface area contributed by atoms with Gasteiger partial charge < -0.3 is 24.6 Å². The lowest BCUT2D eigenvalue weighted by Crippen LogP contribution is -2.50. The van der Waals surface area contributed by atoms with Gasteiger partial charge in [-0.1, -0.05) is 12.7 Å². The van der Waals surface area contributed by atoms with Crippen molar-refractivity contribution in [3.8, 4) is 17.6 Å². The molecule has 0 unspecified atom stereocenters. The van der Waals surface area contributed by atoms with E-state index in [2.05, 4.69) is 32.8 Å². The Bertz CT molecular complexity index is 1200. The molecule has 1 saturated heterocycles. The highest BCUT2D eigenvalue weighted by atomic mass is 16.5. The molecule has 33 heavy (non-hydrogen) atoms. The lowest BCUT2D eigenvalue weighted by Gasteiger charge is -2.35. The molecular formula is C24H24N6O3. The van der Waals surface area contributed by atoms with Crippen LogP contribution in [0.2, 0.25) is 0 Å². The van der Waals surface area contributed by atoms with Crippen molar-refractivity contribution in [1.29, 1.82) is 5.26 Å². The van der Waals surface area contributed by atoms with Crippen LogP contribution in [0.4, 0.5) is 16.3 Å². The number of rotatable bonds is 6. The lowest BCUT2D eigenvalue weighted by atomic mass is 10.2. The van der Waals surface area contributed by atoms with E-state index in [4.69, 9.17) is 14.7 Å². The molecule has 2 heterocycles. The first-order valence-corrected chi connectivity index (χ1v) is 10.5. The number of ether oxygens (including phenoxy) is 2. The van der Waals surface area contributed by atoms with Gasteiger partial charge in [0.05, 0.1) is 24.3 Å². The SMILES string of the molecule is C=CCOc1cc2ncnc(N3CCN(C(=O)Nc4ccc(C#N)cc4)CC3)c2cc1OC. The maximum Gasteiger partial charge on any atom is 0.321 e. The lowest BCUT2D eigenvalue weighted by molar-refractivity contribution is 0.208. The first-order chi connectivity index (χ1) is 16.1. The average molecular weight is 444 g/mol. The van der Waals surface area contributed by atoms with Gasteiger partial charge in [-0.05, 0) is 30.3 Å². The number of carbonyl (C=O) groups is 1. The van der Waals surface area contributed by atoms with E-state index in [1.54, 1.807) is 42.4 Å². The molecule has 0 bridgehead atoms. The fourth-order valence-electron chi connectivity index (χ4n) is 3.68. The van der Waals surface area contributed by atoms with Crippen molar-refractivity contribution in [3.63, 3.8) is 0 Å². The Morgan fingerprint density at radius 2 is 1.94 bits per heavy atom. The molecule has 1 aromatic heterocycles. The van der Waals surface area contributed by atoms with Crippen LogP contribution >= 0.6 is 0 Å². The third-order valence-electron chi connectivity index (χ3n) is 5.39. The first-order valence-electron chi connectivity index (χ1n) is 10.5. The monoisotopic (exact) mass is 444 g/mol. The minimum Gasteiger partial charge on any atom is -0.493 e. The normalized spacial score (nSPS) is 13.3. The standard InChI is InChI=1S/C24H24N6O3/c1-3-12-33-22-14-20-19(13-21(22)32-2)23(27-16-26-20)29-8-10-30(11-9-29)24(31)28-18-6-4-17(15-25)5-7-18/h3-7,13-14,16H,1,8-12H2,2H3,(H,28,31). The molecule has 0 atom stereocenters. The van der Waals surface area contributed by atoms with Crippen molar-refractivity contribution in [3.05, 3.63) is 60.9 Å². The van der Waals surface area contributed by atoms with E-state index < -0.39 is 0 Å². The summed E-state index contributed by atoms with van der Waals surface area (Å²) >= 11 is 0. The van der Waals surface area contributed by atoms with Gasteiger partial charge in [0, 0.05) is 43.3 Å². The van der Waals surface area contributed by atoms with Crippen LogP contribution in [0.3, 0.4) is 0 Å². The summed E-state index contributed by atoms with van der Waals surface area (Å²) in [7, 11) is 1.59. The van der Waals surface area contributed by atoms with Gasteiger partial charge in [0.1, 0.15) is 18.8 Å². The van der Waals surface area contributed by atoms with Crippen LogP contribution < -0.4 is 19.7 Å². The van der Waals surface area contributed by atoms with E-state index in [1.165, 1.54) is 6.33 Å². The van der Waals surface area contributed by atoms with Gasteiger partial charge in [0.25, 0.3) is 0 Å². The number of amides is 2. The van der Waals surface area contributed by atoms with Gasteiger partial charge in [-0.2, -0.15) is 5.26 Å². The molecule has 1 N–H and O–H groups in total. The average Bonchev–Trinajstić information content (AvgIpc) is 2.87. The fraction of sp³-hybridized carbons (Fsp3) is 0.250. The minimum atomic E-state index is -0.169. The summed E-state index contributed by atoms with van der Waals surface area (Å²) in [6.45, 7) is 6.39. The fourth-order valence-corrected chi connectivity index (χ4v) is 3.68. The van der Waals surface area contributed by atoms with E-state index in [1.807, 2.05) is 12.1 Å². The summed E-state index contributed by atoms with van der Waals surface area (Å²) in [4.78, 5) is 25.5. The third-order valence-corrected chi connectivity index (χ3v) is 5.39. The second-order valence-electron chi connectivity index (χ2n) is 7.41. The van der Waals surface area contributed by atoms with Gasteiger partial charge in [0.15, 0.2) is 11.5 Å². The molecule has 1 aliphatic heterocycles. The van der Waals surface area contributed by atoms with Crippen molar-refractivity contribution in [2.75, 3.05) is 50.1 Å². The Morgan fingerprint density at radius 3 is 2.61 bits per heavy atom. The molecular weight excluding hydrogens is 420 g/mol. The highest BCUT2D eigenvalue weighted by molar-refractivity contribution is 5.92. The number of methoxy groups -OCH3 is 1. The summed E-state index contributed by atoms with van der Waals surface area (Å²) in [6, 6.07) is 12.4. The van der Waals surface area contributed by atoms with Gasteiger partial charge in [-0.25, -0.2) is 14.8 Å². The molecule has 0 radical (unpaired) electrons. The third kappa shape index (κ3) is 4.80. The molecule has 9 nitrogen and oxygen atoms in total. The maximum atomic E-state index is 12.7. The van der Waals surface area contributed by atoms with Crippen LogP contribution in [0.5, 0.6) is 11.5 Å². The zero-order valence-electron chi connectivity index (χ0n) is 18.3. The number of anilines is 2. The van der Waals surface area contributed by atoms with E-state index in [-0.39, 0.29) is 6.03 Å². The second kappa shape index (κ2) is 9.87. The molecule has 4 rings (SSSR count). The minimum absolute atomic E-state index is 0.169. The van der Waals surface area contributed by atoms with E-state index in [0.29, 0.717) is 55.5 Å². The van der Waals surface area contributed by atoms with Crippen molar-refractivity contribution < 1.29 is 14.3 Å². The zero-order valence-corrected chi connectivity index (χ0v) is 18.3. The van der Waals surface area contributed by atoms with Crippen molar-refractivity contribution in [2.45, 2.75) is 0 Å². The number of urea groups is 1. The molecule has 2 amide bonds. The van der Waals surface area contributed by atoms with E-state index >= 15 is 0 Å². The molecule has 168 valence electrons.